The normalized spacial score (nSPS) is 19.3. The molecular formula is C16H25N. The van der Waals surface area contributed by atoms with Gasteiger partial charge in [0, 0.05) is 12.6 Å². The summed E-state index contributed by atoms with van der Waals surface area (Å²) in [7, 11) is 0. The van der Waals surface area contributed by atoms with Crippen LogP contribution in [0, 0.1) is 11.3 Å². The highest BCUT2D eigenvalue weighted by molar-refractivity contribution is 5.17. The van der Waals surface area contributed by atoms with E-state index in [2.05, 4.69) is 56.4 Å². The Morgan fingerprint density at radius 1 is 1.24 bits per heavy atom. The number of benzene rings is 1. The lowest BCUT2D eigenvalue weighted by molar-refractivity contribution is 0.248. The standard InChI is InChI=1S/C16H25N/c1-13(2)17-12-16(3,15-9-10-15)11-14-7-5-4-6-8-14/h4-8,13,15,17H,9-12H2,1-3H3. The molecule has 1 aliphatic carbocycles. The predicted octanol–water partition coefficient (Wildman–Crippen LogP) is 3.64. The van der Waals surface area contributed by atoms with Gasteiger partial charge in [-0.15, -0.1) is 0 Å². The number of hydrogen-bond donors (Lipinski definition) is 1. The Kier molecular flexibility index (Phi) is 3.88. The van der Waals surface area contributed by atoms with Crippen molar-refractivity contribution in [3.05, 3.63) is 35.9 Å². The van der Waals surface area contributed by atoms with Gasteiger partial charge >= 0.3 is 0 Å². The summed E-state index contributed by atoms with van der Waals surface area (Å²) in [5, 5.41) is 3.63. The molecule has 0 bridgehead atoms. The molecular weight excluding hydrogens is 206 g/mol. The van der Waals surface area contributed by atoms with E-state index < -0.39 is 0 Å². The van der Waals surface area contributed by atoms with E-state index in [0.29, 0.717) is 11.5 Å². The fourth-order valence-electron chi connectivity index (χ4n) is 2.63. The molecule has 0 spiro atoms. The van der Waals surface area contributed by atoms with Crippen LogP contribution in [0.5, 0.6) is 0 Å². The van der Waals surface area contributed by atoms with Crippen LogP contribution in [0.4, 0.5) is 0 Å². The average molecular weight is 231 g/mol. The molecule has 0 aromatic heterocycles. The Bertz CT molecular complexity index is 340. The maximum absolute atomic E-state index is 3.63. The summed E-state index contributed by atoms with van der Waals surface area (Å²) in [4.78, 5) is 0. The summed E-state index contributed by atoms with van der Waals surface area (Å²) >= 11 is 0. The molecule has 0 aliphatic heterocycles. The molecule has 2 rings (SSSR count). The summed E-state index contributed by atoms with van der Waals surface area (Å²) in [5.41, 5.74) is 1.92. The van der Waals surface area contributed by atoms with Gasteiger partial charge < -0.3 is 5.32 Å². The second-order valence-corrected chi connectivity index (χ2v) is 6.13. The van der Waals surface area contributed by atoms with Crippen molar-refractivity contribution in [3.8, 4) is 0 Å². The van der Waals surface area contributed by atoms with E-state index in [1.165, 1.54) is 24.8 Å². The highest BCUT2D eigenvalue weighted by atomic mass is 14.9. The van der Waals surface area contributed by atoms with Gasteiger partial charge in [0.1, 0.15) is 0 Å². The molecule has 0 amide bonds. The van der Waals surface area contributed by atoms with Crippen molar-refractivity contribution in [3.63, 3.8) is 0 Å². The van der Waals surface area contributed by atoms with Gasteiger partial charge in [-0.05, 0) is 36.2 Å². The van der Waals surface area contributed by atoms with Gasteiger partial charge in [-0.1, -0.05) is 51.1 Å². The van der Waals surface area contributed by atoms with Crippen LogP contribution in [-0.2, 0) is 6.42 Å². The van der Waals surface area contributed by atoms with Crippen LogP contribution in [0.25, 0.3) is 0 Å². The number of rotatable bonds is 6. The molecule has 1 aromatic carbocycles. The molecule has 1 fully saturated rings. The van der Waals surface area contributed by atoms with Gasteiger partial charge in [0.25, 0.3) is 0 Å². The summed E-state index contributed by atoms with van der Waals surface area (Å²) in [5.74, 6) is 0.925. The minimum Gasteiger partial charge on any atom is -0.314 e. The highest BCUT2D eigenvalue weighted by Gasteiger charge is 2.41. The van der Waals surface area contributed by atoms with Crippen molar-refractivity contribution in [2.75, 3.05) is 6.54 Å². The molecule has 0 heterocycles. The van der Waals surface area contributed by atoms with Crippen molar-refractivity contribution < 1.29 is 0 Å². The molecule has 17 heavy (non-hydrogen) atoms. The Labute approximate surface area is 106 Å². The minimum atomic E-state index is 0.436. The lowest BCUT2D eigenvalue weighted by atomic mass is 9.78. The fraction of sp³-hybridized carbons (Fsp3) is 0.625. The van der Waals surface area contributed by atoms with Crippen molar-refractivity contribution in [2.45, 2.75) is 46.1 Å². The quantitative estimate of drug-likeness (QED) is 0.788. The predicted molar refractivity (Wildman–Crippen MR) is 74.1 cm³/mol. The van der Waals surface area contributed by atoms with Crippen LogP contribution in [0.2, 0.25) is 0 Å². The van der Waals surface area contributed by atoms with Gasteiger partial charge in [0.05, 0.1) is 0 Å². The third kappa shape index (κ3) is 3.57. The number of nitrogens with one attached hydrogen (secondary N) is 1. The van der Waals surface area contributed by atoms with Gasteiger partial charge in [-0.25, -0.2) is 0 Å². The van der Waals surface area contributed by atoms with Gasteiger partial charge in [0.15, 0.2) is 0 Å². The molecule has 1 unspecified atom stereocenters. The zero-order chi connectivity index (χ0) is 12.3. The second-order valence-electron chi connectivity index (χ2n) is 6.13. The first kappa shape index (κ1) is 12.6. The van der Waals surface area contributed by atoms with Gasteiger partial charge in [0.2, 0.25) is 0 Å². The molecule has 1 nitrogen and oxygen atoms in total. The van der Waals surface area contributed by atoms with E-state index >= 15 is 0 Å². The molecule has 1 aromatic rings. The van der Waals surface area contributed by atoms with Crippen LogP contribution in [0.15, 0.2) is 30.3 Å². The lowest BCUT2D eigenvalue weighted by Gasteiger charge is -2.31. The first-order valence-corrected chi connectivity index (χ1v) is 6.87. The van der Waals surface area contributed by atoms with Crippen LogP contribution >= 0.6 is 0 Å². The topological polar surface area (TPSA) is 12.0 Å². The summed E-state index contributed by atoms with van der Waals surface area (Å²) < 4.78 is 0. The van der Waals surface area contributed by atoms with Crippen molar-refractivity contribution in [1.29, 1.82) is 0 Å². The van der Waals surface area contributed by atoms with E-state index in [1.54, 1.807) is 0 Å². The van der Waals surface area contributed by atoms with Crippen molar-refractivity contribution >= 4 is 0 Å². The van der Waals surface area contributed by atoms with Crippen molar-refractivity contribution in [1.82, 2.24) is 5.32 Å². The summed E-state index contributed by atoms with van der Waals surface area (Å²) in [6, 6.07) is 11.5. The largest absolute Gasteiger partial charge is 0.314 e. The van der Waals surface area contributed by atoms with E-state index in [0.717, 1.165) is 12.5 Å². The Balaban J connectivity index is 2.01. The Morgan fingerprint density at radius 2 is 1.88 bits per heavy atom. The first-order valence-electron chi connectivity index (χ1n) is 6.87. The molecule has 1 N–H and O–H groups in total. The summed E-state index contributed by atoms with van der Waals surface area (Å²) in [6.45, 7) is 8.06. The SMILES string of the molecule is CC(C)NCC(C)(Cc1ccccc1)C1CC1. The first-order chi connectivity index (χ1) is 8.10. The van der Waals surface area contributed by atoms with Crippen LogP contribution in [0.3, 0.4) is 0 Å². The smallest absolute Gasteiger partial charge is 0.00134 e. The fourth-order valence-corrected chi connectivity index (χ4v) is 2.63. The van der Waals surface area contributed by atoms with E-state index in [9.17, 15) is 0 Å². The third-order valence-electron chi connectivity index (χ3n) is 3.93. The van der Waals surface area contributed by atoms with Crippen LogP contribution in [-0.4, -0.2) is 12.6 Å². The number of hydrogen-bond acceptors (Lipinski definition) is 1. The maximum Gasteiger partial charge on any atom is 0.00134 e. The van der Waals surface area contributed by atoms with Crippen molar-refractivity contribution in [2.24, 2.45) is 11.3 Å². The monoisotopic (exact) mass is 231 g/mol. The van der Waals surface area contributed by atoms with Crippen LogP contribution < -0.4 is 5.32 Å². The molecule has 0 radical (unpaired) electrons. The zero-order valence-electron chi connectivity index (χ0n) is 11.4. The van der Waals surface area contributed by atoms with E-state index in [1.807, 2.05) is 0 Å². The van der Waals surface area contributed by atoms with Crippen LogP contribution in [0.1, 0.15) is 39.2 Å². The molecule has 1 heteroatoms. The average Bonchev–Trinajstić information content (AvgIpc) is 3.12. The molecule has 94 valence electrons. The van der Waals surface area contributed by atoms with Gasteiger partial charge in [-0.3, -0.25) is 0 Å². The third-order valence-corrected chi connectivity index (χ3v) is 3.93. The molecule has 1 aliphatic rings. The summed E-state index contributed by atoms with van der Waals surface area (Å²) in [6.07, 6.45) is 4.05. The second kappa shape index (κ2) is 5.22. The maximum atomic E-state index is 3.63. The van der Waals surface area contributed by atoms with Gasteiger partial charge in [-0.2, -0.15) is 0 Å². The Morgan fingerprint density at radius 3 is 2.41 bits per heavy atom. The van der Waals surface area contributed by atoms with E-state index in [-0.39, 0.29) is 0 Å². The minimum absolute atomic E-state index is 0.436. The molecule has 0 saturated heterocycles. The highest BCUT2D eigenvalue weighted by Crippen LogP contribution is 2.47. The van der Waals surface area contributed by atoms with E-state index in [4.69, 9.17) is 0 Å². The zero-order valence-corrected chi connectivity index (χ0v) is 11.4. The molecule has 1 atom stereocenters. The Hall–Kier alpha value is -0.820. The lowest BCUT2D eigenvalue weighted by Crippen LogP contribution is -2.38. The molecule has 1 saturated carbocycles.